The van der Waals surface area contributed by atoms with Crippen molar-refractivity contribution in [3.8, 4) is 5.75 Å². The predicted octanol–water partition coefficient (Wildman–Crippen LogP) is 3.16. The molecule has 3 rings (SSSR count). The van der Waals surface area contributed by atoms with Crippen LogP contribution in [0.1, 0.15) is 19.6 Å². The highest BCUT2D eigenvalue weighted by Gasteiger charge is 2.30. The predicted molar refractivity (Wildman–Crippen MR) is 98.5 cm³/mol. The van der Waals surface area contributed by atoms with E-state index in [0.717, 1.165) is 11.5 Å². The van der Waals surface area contributed by atoms with Gasteiger partial charge in [0.15, 0.2) is 11.6 Å². The Kier molecular flexibility index (Phi) is 5.23. The fourth-order valence-electron chi connectivity index (χ4n) is 2.57. The van der Waals surface area contributed by atoms with Gasteiger partial charge in [-0.2, -0.15) is 0 Å². The highest BCUT2D eigenvalue weighted by atomic mass is 32.2. The molecule has 0 unspecified atom stereocenters. The van der Waals surface area contributed by atoms with Crippen LogP contribution in [0.3, 0.4) is 0 Å². The minimum Gasteiger partial charge on any atom is -0.491 e. The van der Waals surface area contributed by atoms with E-state index in [4.69, 9.17) is 9.15 Å². The van der Waals surface area contributed by atoms with Gasteiger partial charge in [0.05, 0.1) is 11.5 Å². The molecular formula is C19H20FNO5S. The summed E-state index contributed by atoms with van der Waals surface area (Å²) in [7, 11) is -4.03. The molecule has 0 saturated heterocycles. The Morgan fingerprint density at radius 1 is 1.22 bits per heavy atom. The zero-order chi connectivity index (χ0) is 19.7. The summed E-state index contributed by atoms with van der Waals surface area (Å²) in [6.07, 6.45) is 0. The van der Waals surface area contributed by atoms with Crippen LogP contribution in [0.15, 0.2) is 57.8 Å². The van der Waals surface area contributed by atoms with Crippen LogP contribution in [0.25, 0.3) is 11.0 Å². The van der Waals surface area contributed by atoms with Gasteiger partial charge in [-0.15, -0.1) is 0 Å². The van der Waals surface area contributed by atoms with Gasteiger partial charge < -0.3 is 14.3 Å². The summed E-state index contributed by atoms with van der Waals surface area (Å²) < 4.78 is 51.8. The number of para-hydroxylation sites is 1. The van der Waals surface area contributed by atoms with Crippen LogP contribution in [0.5, 0.6) is 5.75 Å². The van der Waals surface area contributed by atoms with Crippen molar-refractivity contribution in [3.05, 3.63) is 60.1 Å². The molecule has 0 amide bonds. The van der Waals surface area contributed by atoms with E-state index in [-0.39, 0.29) is 29.6 Å². The second kappa shape index (κ2) is 7.30. The average Bonchev–Trinajstić information content (AvgIpc) is 3.07. The molecule has 1 aromatic heterocycles. The summed E-state index contributed by atoms with van der Waals surface area (Å²) in [6.45, 7) is 3.06. The fraction of sp³-hybridized carbons (Fsp3) is 0.263. The lowest BCUT2D eigenvalue weighted by atomic mass is 10.0. The Morgan fingerprint density at radius 2 is 1.96 bits per heavy atom. The van der Waals surface area contributed by atoms with Gasteiger partial charge in [0, 0.05) is 11.9 Å². The normalized spacial score (nSPS) is 14.2. The van der Waals surface area contributed by atoms with Crippen molar-refractivity contribution < 1.29 is 27.1 Å². The molecule has 2 N–H and O–H groups in total. The van der Waals surface area contributed by atoms with Gasteiger partial charge in [0.25, 0.3) is 0 Å². The molecule has 0 saturated carbocycles. The summed E-state index contributed by atoms with van der Waals surface area (Å²) in [5.41, 5.74) is -1.00. The Balaban J connectivity index is 1.78. The van der Waals surface area contributed by atoms with Gasteiger partial charge in [0.1, 0.15) is 16.9 Å². The first kappa shape index (κ1) is 19.3. The number of aliphatic hydroxyl groups is 1. The minimum atomic E-state index is -4.03. The van der Waals surface area contributed by atoms with Gasteiger partial charge in [-0.25, -0.2) is 17.5 Å². The molecule has 6 nitrogen and oxygen atoms in total. The monoisotopic (exact) mass is 393 g/mol. The molecule has 8 heteroatoms. The summed E-state index contributed by atoms with van der Waals surface area (Å²) in [5.74, 6) is -0.571. The van der Waals surface area contributed by atoms with E-state index in [2.05, 4.69) is 4.72 Å². The molecule has 27 heavy (non-hydrogen) atoms. The minimum absolute atomic E-state index is 0.0225. The van der Waals surface area contributed by atoms with Crippen molar-refractivity contribution in [2.24, 2.45) is 0 Å². The van der Waals surface area contributed by atoms with Gasteiger partial charge in [-0.05, 0) is 44.2 Å². The van der Waals surface area contributed by atoms with Crippen LogP contribution < -0.4 is 9.46 Å². The largest absolute Gasteiger partial charge is 0.491 e. The first-order chi connectivity index (χ1) is 12.7. The fourth-order valence-corrected chi connectivity index (χ4v) is 3.72. The summed E-state index contributed by atoms with van der Waals surface area (Å²) >= 11 is 0. The summed E-state index contributed by atoms with van der Waals surface area (Å²) in [4.78, 5) is -0.260. The maximum atomic E-state index is 13.9. The van der Waals surface area contributed by atoms with E-state index >= 15 is 0 Å². The number of rotatable bonds is 7. The van der Waals surface area contributed by atoms with E-state index in [9.17, 15) is 17.9 Å². The second-order valence-electron chi connectivity index (χ2n) is 6.27. The molecule has 0 spiro atoms. The Bertz CT molecular complexity index is 1030. The number of ether oxygens (including phenoxy) is 1. The van der Waals surface area contributed by atoms with E-state index in [1.54, 1.807) is 25.1 Å². The lowest BCUT2D eigenvalue weighted by Crippen LogP contribution is -2.38. The van der Waals surface area contributed by atoms with Gasteiger partial charge >= 0.3 is 0 Å². The summed E-state index contributed by atoms with van der Waals surface area (Å²) in [5, 5.41) is 11.4. The van der Waals surface area contributed by atoms with Crippen molar-refractivity contribution in [3.63, 3.8) is 0 Å². The molecule has 0 aliphatic rings. The number of nitrogens with one attached hydrogen (secondary N) is 1. The average molecular weight is 393 g/mol. The van der Waals surface area contributed by atoms with Crippen molar-refractivity contribution in [2.75, 3.05) is 13.2 Å². The third-order valence-electron chi connectivity index (χ3n) is 4.08. The number of furan rings is 1. The maximum Gasteiger partial charge on any atom is 0.240 e. The smallest absolute Gasteiger partial charge is 0.240 e. The number of hydrogen-bond donors (Lipinski definition) is 2. The summed E-state index contributed by atoms with van der Waals surface area (Å²) in [6, 6.07) is 12.2. The molecule has 0 aliphatic heterocycles. The Morgan fingerprint density at radius 3 is 2.63 bits per heavy atom. The number of benzene rings is 2. The van der Waals surface area contributed by atoms with E-state index in [0.29, 0.717) is 5.58 Å². The van der Waals surface area contributed by atoms with Gasteiger partial charge in [-0.1, -0.05) is 18.2 Å². The molecule has 1 atom stereocenters. The van der Waals surface area contributed by atoms with E-state index in [1.807, 2.05) is 12.1 Å². The van der Waals surface area contributed by atoms with Crippen LogP contribution in [-0.2, 0) is 15.6 Å². The SMILES string of the molecule is CCOc1ccc(S(=O)(=O)NC[C@@](C)(O)c2cc3ccccc3o2)cc1F. The molecule has 0 bridgehead atoms. The van der Waals surface area contributed by atoms with Crippen LogP contribution in [0.4, 0.5) is 4.39 Å². The third kappa shape index (κ3) is 4.13. The number of halogens is 1. The number of sulfonamides is 1. The van der Waals surface area contributed by atoms with Gasteiger partial charge in [0.2, 0.25) is 10.0 Å². The van der Waals surface area contributed by atoms with E-state index in [1.165, 1.54) is 19.1 Å². The molecule has 3 aromatic rings. The molecule has 0 fully saturated rings. The highest BCUT2D eigenvalue weighted by molar-refractivity contribution is 7.89. The molecule has 0 aliphatic carbocycles. The third-order valence-corrected chi connectivity index (χ3v) is 5.48. The second-order valence-corrected chi connectivity index (χ2v) is 8.04. The number of hydrogen-bond acceptors (Lipinski definition) is 5. The van der Waals surface area contributed by atoms with Crippen LogP contribution >= 0.6 is 0 Å². The Labute approximate surface area is 156 Å². The first-order valence-electron chi connectivity index (χ1n) is 8.36. The van der Waals surface area contributed by atoms with Crippen LogP contribution in [0.2, 0.25) is 0 Å². The molecule has 144 valence electrons. The standard InChI is InChI=1S/C19H20FNO5S/c1-3-25-17-9-8-14(11-15(17)20)27(23,24)21-12-19(2,22)18-10-13-6-4-5-7-16(13)26-18/h4-11,21-22H,3,12H2,1-2H3/t19-/m1/s1. The van der Waals surface area contributed by atoms with Crippen LogP contribution in [-0.4, -0.2) is 26.7 Å². The zero-order valence-corrected chi connectivity index (χ0v) is 15.7. The van der Waals surface area contributed by atoms with E-state index < -0.39 is 21.4 Å². The van der Waals surface area contributed by atoms with Crippen LogP contribution in [0, 0.1) is 5.82 Å². The van der Waals surface area contributed by atoms with Gasteiger partial charge in [-0.3, -0.25) is 0 Å². The topological polar surface area (TPSA) is 88.8 Å². The maximum absolute atomic E-state index is 13.9. The molecule has 2 aromatic carbocycles. The Hall–Kier alpha value is -2.42. The van der Waals surface area contributed by atoms with Crippen molar-refractivity contribution in [1.82, 2.24) is 4.72 Å². The lowest BCUT2D eigenvalue weighted by molar-refractivity contribution is 0.0412. The quantitative estimate of drug-likeness (QED) is 0.644. The van der Waals surface area contributed by atoms with Crippen molar-refractivity contribution in [1.29, 1.82) is 0 Å². The van der Waals surface area contributed by atoms with Crippen molar-refractivity contribution in [2.45, 2.75) is 24.3 Å². The first-order valence-corrected chi connectivity index (χ1v) is 9.85. The molecule has 0 radical (unpaired) electrons. The number of fused-ring (bicyclic) bond motifs is 1. The highest BCUT2D eigenvalue weighted by Crippen LogP contribution is 2.28. The molecule has 1 heterocycles. The molecular weight excluding hydrogens is 373 g/mol. The van der Waals surface area contributed by atoms with Crippen molar-refractivity contribution >= 4 is 21.0 Å². The zero-order valence-electron chi connectivity index (χ0n) is 14.9. The lowest BCUT2D eigenvalue weighted by Gasteiger charge is -2.21.